The second-order valence-electron chi connectivity index (χ2n) is 4.24. The van der Waals surface area contributed by atoms with Crippen molar-refractivity contribution in [1.82, 2.24) is 4.57 Å². The van der Waals surface area contributed by atoms with E-state index in [0.29, 0.717) is 8.14 Å². The lowest BCUT2D eigenvalue weighted by Gasteiger charge is -2.07. The molecule has 0 unspecified atom stereocenters. The van der Waals surface area contributed by atoms with Crippen LogP contribution in [0.2, 0.25) is 0 Å². The zero-order valence-electron chi connectivity index (χ0n) is 10.3. The number of hydrogen-bond donors (Lipinski definition) is 0. The molecule has 0 saturated carbocycles. The molecular weight excluding hydrogens is 503 g/mol. The molecule has 106 valence electrons. The number of rotatable bonds is 1. The van der Waals surface area contributed by atoms with Gasteiger partial charge in [0.25, 0.3) is 5.56 Å². The predicted octanol–water partition coefficient (Wildman–Crippen LogP) is 3.29. The second-order valence-corrected chi connectivity index (χ2v) is 6.74. The Labute approximate surface area is 144 Å². The molecule has 3 aromatic rings. The van der Waals surface area contributed by atoms with Crippen LogP contribution >= 0.6 is 45.2 Å². The summed E-state index contributed by atoms with van der Waals surface area (Å²) in [6, 6.07) is 9.12. The summed E-state index contributed by atoms with van der Waals surface area (Å²) < 4.78 is 21.3. The third-order valence-electron chi connectivity index (χ3n) is 2.91. The van der Waals surface area contributed by atoms with Gasteiger partial charge in [-0.05, 0) is 81.6 Å². The van der Waals surface area contributed by atoms with E-state index in [1.165, 1.54) is 12.1 Å². The Kier molecular flexibility index (Phi) is 3.86. The van der Waals surface area contributed by atoms with Crippen molar-refractivity contribution in [2.45, 2.75) is 0 Å². The van der Waals surface area contributed by atoms with Crippen molar-refractivity contribution in [3.8, 4) is 5.69 Å². The number of aromatic nitrogens is 1. The number of halogens is 3. The van der Waals surface area contributed by atoms with Gasteiger partial charge in [-0.3, -0.25) is 4.79 Å². The van der Waals surface area contributed by atoms with Crippen molar-refractivity contribution in [2.24, 2.45) is 0 Å². The van der Waals surface area contributed by atoms with Gasteiger partial charge in [-0.2, -0.15) is 0 Å². The van der Waals surface area contributed by atoms with Crippen molar-refractivity contribution in [3.63, 3.8) is 0 Å². The summed E-state index contributed by atoms with van der Waals surface area (Å²) in [5.41, 5.74) is -0.526. The van der Waals surface area contributed by atoms with E-state index in [1.54, 1.807) is 24.3 Å². The highest BCUT2D eigenvalue weighted by Gasteiger charge is 2.15. The summed E-state index contributed by atoms with van der Waals surface area (Å²) in [4.78, 5) is 24.5. The summed E-state index contributed by atoms with van der Waals surface area (Å²) in [6.45, 7) is 0. The second kappa shape index (κ2) is 5.52. The summed E-state index contributed by atoms with van der Waals surface area (Å²) in [6.07, 6.45) is 0. The van der Waals surface area contributed by atoms with Gasteiger partial charge in [0, 0.05) is 7.14 Å². The number of benzene rings is 2. The highest BCUT2D eigenvalue weighted by atomic mass is 127. The summed E-state index contributed by atoms with van der Waals surface area (Å²) in [5.74, 6) is -1.56. The molecule has 0 aliphatic carbocycles. The summed E-state index contributed by atoms with van der Waals surface area (Å²) in [7, 11) is 0. The molecule has 0 N–H and O–H groups in total. The van der Waals surface area contributed by atoms with E-state index < -0.39 is 17.1 Å². The maximum absolute atomic E-state index is 14.0. The predicted molar refractivity (Wildman–Crippen MR) is 93.5 cm³/mol. The molecule has 0 saturated heterocycles. The van der Waals surface area contributed by atoms with Gasteiger partial charge in [0.2, 0.25) is 0 Å². The molecule has 0 fully saturated rings. The van der Waals surface area contributed by atoms with Gasteiger partial charge in [0.1, 0.15) is 11.4 Å². The molecule has 0 amide bonds. The molecule has 0 aliphatic heterocycles. The molecule has 1 heterocycles. The van der Waals surface area contributed by atoms with E-state index in [-0.39, 0.29) is 16.7 Å². The minimum absolute atomic E-state index is 0.116. The maximum atomic E-state index is 14.0. The Balaban J connectivity index is 2.43. The highest BCUT2D eigenvalue weighted by Crippen LogP contribution is 2.16. The molecular formula is C14H6FI2NO3. The van der Waals surface area contributed by atoms with Crippen molar-refractivity contribution < 1.29 is 8.81 Å². The minimum Gasteiger partial charge on any atom is -0.409 e. The Morgan fingerprint density at radius 2 is 1.67 bits per heavy atom. The Morgan fingerprint density at radius 1 is 1.00 bits per heavy atom. The zero-order valence-corrected chi connectivity index (χ0v) is 14.6. The monoisotopic (exact) mass is 509 g/mol. The van der Waals surface area contributed by atoms with Crippen LogP contribution in [-0.2, 0) is 0 Å². The van der Waals surface area contributed by atoms with Crippen molar-refractivity contribution in [3.05, 3.63) is 70.3 Å². The number of hydrogen-bond acceptors (Lipinski definition) is 3. The van der Waals surface area contributed by atoms with Crippen LogP contribution < -0.4 is 11.3 Å². The maximum Gasteiger partial charge on any atom is 0.427 e. The van der Waals surface area contributed by atoms with Gasteiger partial charge in [-0.15, -0.1) is 0 Å². The fourth-order valence-corrected chi connectivity index (χ4v) is 2.92. The lowest BCUT2D eigenvalue weighted by Crippen LogP contribution is -2.31. The average molecular weight is 509 g/mol. The first-order chi connectivity index (χ1) is 9.97. The molecule has 0 atom stereocenters. The third-order valence-corrected chi connectivity index (χ3v) is 4.25. The van der Waals surface area contributed by atoms with E-state index in [9.17, 15) is 14.0 Å². The molecule has 7 heteroatoms. The first-order valence-electron chi connectivity index (χ1n) is 5.78. The van der Waals surface area contributed by atoms with Crippen LogP contribution in [0.3, 0.4) is 0 Å². The van der Waals surface area contributed by atoms with Gasteiger partial charge >= 0.3 is 5.76 Å². The van der Waals surface area contributed by atoms with Gasteiger partial charge in [0.15, 0.2) is 0 Å². The Bertz CT molecular complexity index is 978. The Hall–Kier alpha value is -1.23. The van der Waals surface area contributed by atoms with Gasteiger partial charge in [-0.1, -0.05) is 0 Å². The van der Waals surface area contributed by atoms with Crippen molar-refractivity contribution in [1.29, 1.82) is 0 Å². The lowest BCUT2D eigenvalue weighted by molar-refractivity contribution is 0.496. The molecule has 21 heavy (non-hydrogen) atoms. The van der Waals surface area contributed by atoms with Crippen LogP contribution in [0.4, 0.5) is 4.39 Å². The third kappa shape index (κ3) is 2.63. The van der Waals surface area contributed by atoms with E-state index in [0.717, 1.165) is 3.57 Å². The average Bonchev–Trinajstić information content (AvgIpc) is 2.42. The van der Waals surface area contributed by atoms with E-state index >= 15 is 0 Å². The largest absolute Gasteiger partial charge is 0.427 e. The molecule has 1 aromatic heterocycles. The lowest BCUT2D eigenvalue weighted by atomic mass is 10.2. The van der Waals surface area contributed by atoms with Crippen LogP contribution in [-0.4, -0.2) is 4.57 Å². The molecule has 0 bridgehead atoms. The first-order valence-corrected chi connectivity index (χ1v) is 7.94. The van der Waals surface area contributed by atoms with Crippen molar-refractivity contribution >= 4 is 56.2 Å². The minimum atomic E-state index is -0.909. The fraction of sp³-hybridized carbons (Fsp3) is 0. The fourth-order valence-electron chi connectivity index (χ4n) is 1.97. The molecule has 4 nitrogen and oxygen atoms in total. The quantitative estimate of drug-likeness (QED) is 0.474. The number of nitrogens with zero attached hydrogens (tertiary/aromatic N) is 1. The van der Waals surface area contributed by atoms with Crippen LogP contribution in [0.5, 0.6) is 0 Å². The van der Waals surface area contributed by atoms with Crippen LogP contribution in [0.1, 0.15) is 0 Å². The molecule has 0 radical (unpaired) electrons. The van der Waals surface area contributed by atoms with Gasteiger partial charge in [-0.25, -0.2) is 13.8 Å². The number of fused-ring (bicyclic) bond motifs is 1. The first kappa shape index (κ1) is 14.7. The van der Waals surface area contributed by atoms with E-state index in [1.807, 2.05) is 45.2 Å². The van der Waals surface area contributed by atoms with Crippen LogP contribution in [0, 0.1) is 13.0 Å². The summed E-state index contributed by atoms with van der Waals surface area (Å²) in [5, 5.41) is 0.236. The summed E-state index contributed by atoms with van der Waals surface area (Å²) >= 11 is 4.00. The Morgan fingerprint density at radius 3 is 2.38 bits per heavy atom. The van der Waals surface area contributed by atoms with Crippen LogP contribution in [0.15, 0.2) is 50.4 Å². The SMILES string of the molecule is O=c1oc2ccc(I)cc2c(=O)n1-c1ccc(I)cc1F. The molecule has 3 rings (SSSR count). The van der Waals surface area contributed by atoms with Crippen LogP contribution in [0.25, 0.3) is 16.7 Å². The molecule has 2 aromatic carbocycles. The normalized spacial score (nSPS) is 11.0. The topological polar surface area (TPSA) is 52.2 Å². The van der Waals surface area contributed by atoms with E-state index in [2.05, 4.69) is 0 Å². The van der Waals surface area contributed by atoms with Gasteiger partial charge < -0.3 is 4.42 Å². The standard InChI is InChI=1S/C14H6FI2NO3/c15-10-6-8(17)1-3-11(10)18-13(19)9-5-7(16)2-4-12(9)21-14(18)20/h1-6H. The molecule has 0 spiro atoms. The van der Waals surface area contributed by atoms with Crippen molar-refractivity contribution in [2.75, 3.05) is 0 Å². The van der Waals surface area contributed by atoms with Gasteiger partial charge in [0.05, 0.1) is 11.1 Å². The smallest absolute Gasteiger partial charge is 0.409 e. The highest BCUT2D eigenvalue weighted by molar-refractivity contribution is 14.1. The van der Waals surface area contributed by atoms with E-state index in [4.69, 9.17) is 4.42 Å². The zero-order chi connectivity index (χ0) is 15.1. The molecule has 0 aliphatic rings.